The zero-order valence-corrected chi connectivity index (χ0v) is 53.1. The highest BCUT2D eigenvalue weighted by Crippen LogP contribution is 2.39. The zero-order valence-electron chi connectivity index (χ0n) is 51.4. The molecule has 4 N–H and O–H groups in total. The largest absolute Gasteiger partial charge is 0.469 e. The number of anilines is 5. The number of esters is 1. The number of rotatable bonds is 12. The Morgan fingerprint density at radius 1 is 0.571 bits per heavy atom. The van der Waals surface area contributed by atoms with Crippen LogP contribution in [0.1, 0.15) is 88.4 Å². The second-order valence-corrected chi connectivity index (χ2v) is 25.2. The molecule has 28 nitrogen and oxygen atoms in total. The molecule has 13 heterocycles. The van der Waals surface area contributed by atoms with Gasteiger partial charge in [-0.2, -0.15) is 30.2 Å². The Kier molecular flexibility index (Phi) is 19.4. The number of nitrogens with two attached hydrogens (primary N) is 1. The smallest absolute Gasteiger partial charge is 0.320 e. The molecule has 5 saturated heterocycles. The molecule has 0 radical (unpaired) electrons. The van der Waals surface area contributed by atoms with Crippen LogP contribution in [0.5, 0.6) is 0 Å². The van der Waals surface area contributed by atoms with Gasteiger partial charge in [0.05, 0.1) is 139 Å². The number of amides is 2. The number of hydrogen-bond donors (Lipinski definition) is 3. The highest BCUT2D eigenvalue weighted by molar-refractivity contribution is 7.19. The molecule has 5 aliphatic heterocycles. The third kappa shape index (κ3) is 13.9. The first-order chi connectivity index (χ1) is 44.7. The number of benzene rings is 1. The maximum Gasteiger partial charge on any atom is 0.320 e. The highest BCUT2D eigenvalue weighted by Gasteiger charge is 2.30. The Bertz CT molecular complexity index is 3940. The minimum atomic E-state index is -0.310. The van der Waals surface area contributed by atoms with Crippen LogP contribution in [-0.2, 0) is 39.6 Å². The van der Waals surface area contributed by atoms with Crippen molar-refractivity contribution in [3.05, 3.63) is 60.8 Å². The van der Waals surface area contributed by atoms with Crippen LogP contribution in [-0.4, -0.2) is 200 Å². The molecule has 1 aliphatic carbocycles. The normalized spacial score (nSPS) is 18.8. The number of thiazole rings is 2. The minimum Gasteiger partial charge on any atom is -0.469 e. The summed E-state index contributed by atoms with van der Waals surface area (Å²) in [7, 11) is 2.97. The molecule has 15 rings (SSSR count). The summed E-state index contributed by atoms with van der Waals surface area (Å²) in [6, 6.07) is 8.69. The first-order valence-electron chi connectivity index (χ1n) is 31.4. The number of urea groups is 1. The number of hydrogen-bond acceptors (Lipinski definition) is 25. The lowest BCUT2D eigenvalue weighted by Crippen LogP contribution is -2.44. The standard InChI is InChI=1S/C24H29N5O4.C19H24N8O3S.C18H23N7OS/c1-16-15-33-12-9-28(16)24-26-22(18-5-3-17(4-6-18)13-21(30)31-2)20-14-25-29(23(20)27-24)19-7-10-32-11-8-19;1-20-18(28)25-19-21-11-14(31-19)15-13-10-22-27(12-2-6-29-7-3-12)16(13)24-17(23-15)26-4-8-30-9-5-26;19-17-20-11-14(27-17)15-13-10-21-25(12-4-2-1-3-5-12)16(13)23-18(22-15)24-6-8-26-9-7-24/h3-6,14,16,19H,7-13,15H2,1-2H3;10-12H,2-9H2,1H3,(H2,20,21,25,28);10-12H,1-9H2,(H2,19,20)/t16-;;/m1../s1. The van der Waals surface area contributed by atoms with Crippen molar-refractivity contribution in [1.82, 2.24) is 74.5 Å². The number of aromatic nitrogens is 14. The fourth-order valence-corrected chi connectivity index (χ4v) is 13.8. The number of nitrogens with one attached hydrogen (secondary N) is 2. The molecule has 9 aromatic rings. The Balaban J connectivity index is 0.000000125. The third-order valence-electron chi connectivity index (χ3n) is 17.3. The molecule has 480 valence electrons. The molecule has 0 spiro atoms. The van der Waals surface area contributed by atoms with Crippen molar-refractivity contribution in [3.8, 4) is 32.4 Å². The van der Waals surface area contributed by atoms with Gasteiger partial charge in [0.15, 0.2) is 27.2 Å². The van der Waals surface area contributed by atoms with Crippen LogP contribution >= 0.6 is 22.7 Å². The summed E-state index contributed by atoms with van der Waals surface area (Å²) < 4.78 is 38.7. The Morgan fingerprint density at radius 2 is 1.05 bits per heavy atom. The molecular formula is C61H76N20O8S2. The number of morpholine rings is 3. The van der Waals surface area contributed by atoms with E-state index in [1.54, 1.807) is 19.4 Å². The summed E-state index contributed by atoms with van der Waals surface area (Å²) in [5.41, 5.74) is 12.8. The van der Waals surface area contributed by atoms with Gasteiger partial charge in [0.2, 0.25) is 17.8 Å². The number of ether oxygens (including phenoxy) is 6. The molecule has 1 saturated carbocycles. The number of nitrogen functional groups attached to an aromatic ring is 1. The number of nitrogens with zero attached hydrogens (tertiary/aromatic N) is 17. The van der Waals surface area contributed by atoms with Gasteiger partial charge < -0.3 is 54.2 Å². The van der Waals surface area contributed by atoms with Gasteiger partial charge in [-0.05, 0) is 51.0 Å². The van der Waals surface area contributed by atoms with Gasteiger partial charge in [0.1, 0.15) is 0 Å². The monoisotopic (exact) mass is 1280 g/mol. The van der Waals surface area contributed by atoms with Crippen molar-refractivity contribution in [2.24, 2.45) is 0 Å². The van der Waals surface area contributed by atoms with E-state index in [2.05, 4.69) is 52.0 Å². The average Bonchev–Trinajstić information content (AvgIpc) is 2.02. The zero-order chi connectivity index (χ0) is 62.2. The van der Waals surface area contributed by atoms with Crippen LogP contribution in [0.2, 0.25) is 0 Å². The van der Waals surface area contributed by atoms with E-state index < -0.39 is 0 Å². The van der Waals surface area contributed by atoms with E-state index in [0.29, 0.717) is 67.8 Å². The van der Waals surface area contributed by atoms with Gasteiger partial charge >= 0.3 is 12.0 Å². The van der Waals surface area contributed by atoms with Crippen LogP contribution in [0.4, 0.5) is 32.9 Å². The van der Waals surface area contributed by atoms with Gasteiger partial charge in [-0.1, -0.05) is 66.2 Å². The van der Waals surface area contributed by atoms with Crippen LogP contribution < -0.4 is 31.1 Å². The van der Waals surface area contributed by atoms with Crippen molar-refractivity contribution in [2.45, 2.75) is 95.3 Å². The van der Waals surface area contributed by atoms with E-state index in [0.717, 1.165) is 175 Å². The van der Waals surface area contributed by atoms with E-state index in [1.807, 2.05) is 52.2 Å². The SMILES string of the molecule is CNC(=O)Nc1ncc(-c2nc(N3CCOCC3)nc3c2cnn3C2CCOCC2)s1.COC(=O)Cc1ccc(-c2nc(N3CCOC[C@H]3C)nc3c2cnn3C2CCOCC2)cc1.Nc1ncc(-c2nc(N3CCOCC3)nc3c2cnn3C2CCCCC2)s1. The van der Waals surface area contributed by atoms with Crippen molar-refractivity contribution in [2.75, 3.05) is 139 Å². The fraction of sp³-hybridized carbons (Fsp3) is 0.525. The lowest BCUT2D eigenvalue weighted by Gasteiger charge is -2.33. The summed E-state index contributed by atoms with van der Waals surface area (Å²) in [5.74, 6) is 1.84. The maximum atomic E-state index is 11.7. The molecule has 30 heteroatoms. The average molecular weight is 1280 g/mol. The van der Waals surface area contributed by atoms with Crippen LogP contribution in [0, 0.1) is 0 Å². The Hall–Kier alpha value is -8.13. The van der Waals surface area contributed by atoms with Crippen LogP contribution in [0.15, 0.2) is 55.2 Å². The Labute approximate surface area is 533 Å². The molecule has 91 heavy (non-hydrogen) atoms. The third-order valence-corrected chi connectivity index (χ3v) is 19.0. The lowest BCUT2D eigenvalue weighted by molar-refractivity contribution is -0.139. The van der Waals surface area contributed by atoms with Gasteiger partial charge in [0.25, 0.3) is 0 Å². The van der Waals surface area contributed by atoms with Gasteiger partial charge in [-0.25, -0.2) is 43.8 Å². The van der Waals surface area contributed by atoms with E-state index in [1.165, 1.54) is 49.0 Å². The molecule has 2 amide bonds. The first-order valence-corrected chi connectivity index (χ1v) is 33.0. The van der Waals surface area contributed by atoms with Crippen molar-refractivity contribution in [3.63, 3.8) is 0 Å². The molecule has 8 aromatic heterocycles. The van der Waals surface area contributed by atoms with E-state index >= 15 is 0 Å². The van der Waals surface area contributed by atoms with Crippen molar-refractivity contribution in [1.29, 1.82) is 0 Å². The van der Waals surface area contributed by atoms with E-state index in [4.69, 9.17) is 74.3 Å². The van der Waals surface area contributed by atoms with Crippen LogP contribution in [0.3, 0.4) is 0 Å². The molecule has 0 unspecified atom stereocenters. The van der Waals surface area contributed by atoms with Crippen LogP contribution in [0.25, 0.3) is 65.5 Å². The topological polar surface area (TPSA) is 306 Å². The summed E-state index contributed by atoms with van der Waals surface area (Å²) in [6.45, 7) is 12.9. The van der Waals surface area contributed by atoms with Gasteiger partial charge in [0, 0.05) is 84.2 Å². The summed E-state index contributed by atoms with van der Waals surface area (Å²) >= 11 is 2.82. The number of fused-ring (bicyclic) bond motifs is 3. The van der Waals surface area contributed by atoms with Gasteiger partial charge in [-0.3, -0.25) is 10.1 Å². The molecular weight excluding hydrogens is 1200 g/mol. The van der Waals surface area contributed by atoms with Crippen molar-refractivity contribution >= 4 is 95.9 Å². The second kappa shape index (κ2) is 28.6. The molecule has 0 bridgehead atoms. The quantitative estimate of drug-likeness (QED) is 0.0994. The molecule has 1 atom stereocenters. The van der Waals surface area contributed by atoms with Gasteiger partial charge in [-0.15, -0.1) is 0 Å². The number of carbonyl (C=O) groups is 2. The molecule has 6 fully saturated rings. The second-order valence-electron chi connectivity index (χ2n) is 23.1. The summed E-state index contributed by atoms with van der Waals surface area (Å²) in [4.78, 5) is 69.8. The van der Waals surface area contributed by atoms with E-state index in [-0.39, 0.29) is 36.5 Å². The minimum absolute atomic E-state index is 0.186. The Morgan fingerprint density at radius 3 is 1.57 bits per heavy atom. The van der Waals surface area contributed by atoms with Crippen molar-refractivity contribution < 1.29 is 38.0 Å². The summed E-state index contributed by atoms with van der Waals surface area (Å²) in [5, 5.41) is 23.2. The predicted octanol–water partition coefficient (Wildman–Crippen LogP) is 7.55. The van der Waals surface area contributed by atoms with E-state index in [9.17, 15) is 9.59 Å². The fourth-order valence-electron chi connectivity index (χ4n) is 12.3. The lowest BCUT2D eigenvalue weighted by atomic mass is 9.96. The number of carbonyl (C=O) groups excluding carboxylic acids is 2. The summed E-state index contributed by atoms with van der Waals surface area (Å²) in [6.07, 6.45) is 19.2. The maximum absolute atomic E-state index is 11.7. The highest BCUT2D eigenvalue weighted by atomic mass is 32.1. The molecule has 6 aliphatic rings. The number of methoxy groups -OCH3 is 1. The molecule has 1 aromatic carbocycles. The predicted molar refractivity (Wildman–Crippen MR) is 346 cm³/mol. The first kappa shape index (κ1) is 61.7.